The highest BCUT2D eigenvalue weighted by Crippen LogP contribution is 2.31. The van der Waals surface area contributed by atoms with Crippen molar-refractivity contribution < 1.29 is 5.11 Å². The monoisotopic (exact) mass is 206 g/mol. The molecule has 0 spiro atoms. The number of nitrogens with zero attached hydrogens (tertiary/aromatic N) is 1. The number of hydrogen-bond acceptors (Lipinski definition) is 4. The van der Waals surface area contributed by atoms with Crippen LogP contribution in [0.4, 0.5) is 0 Å². The van der Waals surface area contributed by atoms with Crippen LogP contribution in [0.15, 0.2) is 30.5 Å². The molecule has 4 heteroatoms. The van der Waals surface area contributed by atoms with Crippen LogP contribution in [0, 0.1) is 0 Å². The lowest BCUT2D eigenvalue weighted by Crippen LogP contribution is -1.91. The Morgan fingerprint density at radius 3 is 2.79 bits per heavy atom. The van der Waals surface area contributed by atoms with Gasteiger partial charge in [0, 0.05) is 17.6 Å². The van der Waals surface area contributed by atoms with Gasteiger partial charge in [0.05, 0.1) is 5.56 Å². The van der Waals surface area contributed by atoms with Gasteiger partial charge in [-0.1, -0.05) is 12.1 Å². The van der Waals surface area contributed by atoms with Gasteiger partial charge in [-0.3, -0.25) is 0 Å². The van der Waals surface area contributed by atoms with Crippen molar-refractivity contribution >= 4 is 11.3 Å². The third kappa shape index (κ3) is 1.62. The normalized spacial score (nSPS) is 10.4. The van der Waals surface area contributed by atoms with Gasteiger partial charge in [0.2, 0.25) is 0 Å². The number of aromatic nitrogens is 1. The standard InChI is InChI=1S/C10H10N2OS/c11-5-7-6-12-10(14-7)8-3-1-2-4-9(8)13/h1-4,6,13H,5,11H2. The number of hydrogen-bond donors (Lipinski definition) is 2. The summed E-state index contributed by atoms with van der Waals surface area (Å²) in [6.07, 6.45) is 1.74. The van der Waals surface area contributed by atoms with Gasteiger partial charge in [-0.25, -0.2) is 4.98 Å². The molecule has 0 unspecified atom stereocenters. The first-order valence-electron chi connectivity index (χ1n) is 4.24. The maximum absolute atomic E-state index is 9.58. The molecule has 2 aromatic rings. The second kappa shape index (κ2) is 3.77. The molecule has 0 fully saturated rings. The third-order valence-corrected chi connectivity index (χ3v) is 2.94. The summed E-state index contributed by atoms with van der Waals surface area (Å²) in [4.78, 5) is 5.21. The summed E-state index contributed by atoms with van der Waals surface area (Å²) in [5, 5.41) is 10.4. The van der Waals surface area contributed by atoms with Crippen molar-refractivity contribution in [2.45, 2.75) is 6.54 Å². The molecule has 72 valence electrons. The minimum absolute atomic E-state index is 0.255. The molecule has 0 atom stereocenters. The second-order valence-electron chi connectivity index (χ2n) is 2.85. The average molecular weight is 206 g/mol. The molecule has 3 nitrogen and oxygen atoms in total. The molecular formula is C10H10N2OS. The summed E-state index contributed by atoms with van der Waals surface area (Å²) in [6, 6.07) is 7.15. The first-order valence-corrected chi connectivity index (χ1v) is 5.06. The van der Waals surface area contributed by atoms with E-state index in [0.29, 0.717) is 6.54 Å². The fourth-order valence-electron chi connectivity index (χ4n) is 1.18. The number of benzene rings is 1. The molecule has 0 saturated heterocycles. The highest BCUT2D eigenvalue weighted by molar-refractivity contribution is 7.15. The van der Waals surface area contributed by atoms with Crippen LogP contribution in [0.2, 0.25) is 0 Å². The summed E-state index contributed by atoms with van der Waals surface area (Å²) < 4.78 is 0. The Balaban J connectivity index is 2.44. The van der Waals surface area contributed by atoms with Crippen molar-refractivity contribution in [3.8, 4) is 16.3 Å². The van der Waals surface area contributed by atoms with E-state index in [9.17, 15) is 5.11 Å². The van der Waals surface area contributed by atoms with Crippen LogP contribution < -0.4 is 5.73 Å². The van der Waals surface area contributed by atoms with Crippen LogP contribution in [0.5, 0.6) is 5.75 Å². The number of thiazole rings is 1. The number of phenols is 1. The molecule has 0 saturated carbocycles. The summed E-state index contributed by atoms with van der Waals surface area (Å²) in [5.41, 5.74) is 6.25. The Labute approximate surface area is 85.8 Å². The van der Waals surface area contributed by atoms with Crippen molar-refractivity contribution in [1.29, 1.82) is 0 Å². The molecule has 14 heavy (non-hydrogen) atoms. The lowest BCUT2D eigenvalue weighted by atomic mass is 10.2. The molecule has 3 N–H and O–H groups in total. The topological polar surface area (TPSA) is 59.1 Å². The van der Waals surface area contributed by atoms with E-state index in [-0.39, 0.29) is 5.75 Å². The lowest BCUT2D eigenvalue weighted by Gasteiger charge is -1.98. The van der Waals surface area contributed by atoms with Gasteiger partial charge >= 0.3 is 0 Å². The molecular weight excluding hydrogens is 196 g/mol. The SMILES string of the molecule is NCc1cnc(-c2ccccc2O)s1. The molecule has 2 rings (SSSR count). The highest BCUT2D eigenvalue weighted by atomic mass is 32.1. The first-order chi connectivity index (χ1) is 6.81. The summed E-state index contributed by atoms with van der Waals surface area (Å²) in [6.45, 7) is 0.491. The second-order valence-corrected chi connectivity index (χ2v) is 3.97. The van der Waals surface area contributed by atoms with E-state index >= 15 is 0 Å². The van der Waals surface area contributed by atoms with Gasteiger partial charge in [0.25, 0.3) is 0 Å². The quantitative estimate of drug-likeness (QED) is 0.789. The van der Waals surface area contributed by atoms with Crippen molar-refractivity contribution in [2.75, 3.05) is 0 Å². The Morgan fingerprint density at radius 2 is 2.14 bits per heavy atom. The molecule has 0 aliphatic carbocycles. The van der Waals surface area contributed by atoms with Crippen LogP contribution in [0.3, 0.4) is 0 Å². The smallest absolute Gasteiger partial charge is 0.127 e. The van der Waals surface area contributed by atoms with Gasteiger partial charge in [-0.2, -0.15) is 0 Å². The molecule has 0 aliphatic heterocycles. The molecule has 1 aromatic heterocycles. The highest BCUT2D eigenvalue weighted by Gasteiger charge is 2.07. The van der Waals surface area contributed by atoms with Crippen molar-refractivity contribution in [3.05, 3.63) is 35.3 Å². The van der Waals surface area contributed by atoms with Crippen molar-refractivity contribution in [3.63, 3.8) is 0 Å². The third-order valence-electron chi connectivity index (χ3n) is 1.89. The van der Waals surface area contributed by atoms with Crippen molar-refractivity contribution in [1.82, 2.24) is 4.98 Å². The maximum Gasteiger partial charge on any atom is 0.127 e. The largest absolute Gasteiger partial charge is 0.507 e. The summed E-state index contributed by atoms with van der Waals surface area (Å²) >= 11 is 1.50. The molecule has 0 aliphatic rings. The Bertz CT molecular complexity index is 439. The van der Waals surface area contributed by atoms with Gasteiger partial charge in [-0.05, 0) is 12.1 Å². The number of aromatic hydroxyl groups is 1. The van der Waals surface area contributed by atoms with E-state index in [1.54, 1.807) is 18.3 Å². The van der Waals surface area contributed by atoms with Crippen LogP contribution in [-0.4, -0.2) is 10.1 Å². The van der Waals surface area contributed by atoms with E-state index < -0.39 is 0 Å². The fourth-order valence-corrected chi connectivity index (χ4v) is 2.01. The predicted molar refractivity (Wildman–Crippen MR) is 57.1 cm³/mol. The summed E-state index contributed by atoms with van der Waals surface area (Å²) in [5.74, 6) is 0.255. The van der Waals surface area contributed by atoms with E-state index in [1.165, 1.54) is 11.3 Å². The fraction of sp³-hybridized carbons (Fsp3) is 0.100. The maximum atomic E-state index is 9.58. The van der Waals surface area contributed by atoms with Gasteiger partial charge in [0.1, 0.15) is 10.8 Å². The van der Waals surface area contributed by atoms with Crippen LogP contribution in [0.25, 0.3) is 10.6 Å². The number of phenolic OH excluding ortho intramolecular Hbond substituents is 1. The molecule has 1 aromatic carbocycles. The Morgan fingerprint density at radius 1 is 1.36 bits per heavy atom. The minimum atomic E-state index is 0.255. The van der Waals surface area contributed by atoms with E-state index in [0.717, 1.165) is 15.4 Å². The van der Waals surface area contributed by atoms with E-state index in [1.807, 2.05) is 12.1 Å². The summed E-state index contributed by atoms with van der Waals surface area (Å²) in [7, 11) is 0. The molecule has 1 heterocycles. The Hall–Kier alpha value is -1.39. The Kier molecular flexibility index (Phi) is 2.47. The van der Waals surface area contributed by atoms with Crippen LogP contribution >= 0.6 is 11.3 Å². The number of rotatable bonds is 2. The van der Waals surface area contributed by atoms with Crippen molar-refractivity contribution in [2.24, 2.45) is 5.73 Å². The molecule has 0 amide bonds. The molecule has 0 bridgehead atoms. The predicted octanol–water partition coefficient (Wildman–Crippen LogP) is 1.97. The van der Waals surface area contributed by atoms with Crippen LogP contribution in [0.1, 0.15) is 4.88 Å². The average Bonchev–Trinajstić information content (AvgIpc) is 2.67. The number of nitrogens with two attached hydrogens (primary N) is 1. The van der Waals surface area contributed by atoms with E-state index in [2.05, 4.69) is 4.98 Å². The van der Waals surface area contributed by atoms with E-state index in [4.69, 9.17) is 5.73 Å². The minimum Gasteiger partial charge on any atom is -0.507 e. The lowest BCUT2D eigenvalue weighted by molar-refractivity contribution is 0.477. The zero-order valence-corrected chi connectivity index (χ0v) is 8.29. The van der Waals surface area contributed by atoms with Gasteiger partial charge in [0.15, 0.2) is 0 Å². The zero-order chi connectivity index (χ0) is 9.97. The molecule has 0 radical (unpaired) electrons. The van der Waals surface area contributed by atoms with Gasteiger partial charge in [-0.15, -0.1) is 11.3 Å². The van der Waals surface area contributed by atoms with Gasteiger partial charge < -0.3 is 10.8 Å². The number of para-hydroxylation sites is 1. The van der Waals surface area contributed by atoms with Crippen LogP contribution in [-0.2, 0) is 6.54 Å². The first kappa shape index (κ1) is 9.18. The zero-order valence-electron chi connectivity index (χ0n) is 7.47.